The average Bonchev–Trinajstić information content (AvgIpc) is 2.67. The number of aromatic hydroxyl groups is 2. The number of rotatable bonds is 2. The predicted octanol–water partition coefficient (Wildman–Crippen LogP) is 4.10. The normalized spacial score (nSPS) is 10.5. The van der Waals surface area contributed by atoms with Crippen molar-refractivity contribution < 1.29 is 10.2 Å². The maximum atomic E-state index is 11.7. The smallest absolute Gasteiger partial charge is 0.224 e. The van der Waals surface area contributed by atoms with Crippen LogP contribution in [0, 0.1) is 6.92 Å². The van der Waals surface area contributed by atoms with Crippen molar-refractivity contribution in [3.63, 3.8) is 0 Å². The zero-order chi connectivity index (χ0) is 16.4. The Morgan fingerprint density at radius 1 is 0.739 bits per heavy atom. The van der Waals surface area contributed by atoms with Gasteiger partial charge in [0.15, 0.2) is 5.75 Å². The van der Waals surface area contributed by atoms with Crippen molar-refractivity contribution in [1.82, 2.24) is 0 Å². The summed E-state index contributed by atoms with van der Waals surface area (Å²) in [5.41, 5.74) is 3.80. The number of aryl methyl sites for hydroxylation is 1. The zero-order valence-electron chi connectivity index (χ0n) is 12.7. The highest BCUT2D eigenvalue weighted by Gasteiger charge is 2.09. The van der Waals surface area contributed by atoms with E-state index in [0.29, 0.717) is 11.1 Å². The van der Waals surface area contributed by atoms with Crippen molar-refractivity contribution in [2.45, 2.75) is 6.92 Å². The van der Waals surface area contributed by atoms with Crippen molar-refractivity contribution in [2.75, 3.05) is 0 Å². The first-order valence-electron chi connectivity index (χ1n) is 7.29. The van der Waals surface area contributed by atoms with Gasteiger partial charge in [0.1, 0.15) is 0 Å². The summed E-state index contributed by atoms with van der Waals surface area (Å²) < 4.78 is 0. The van der Waals surface area contributed by atoms with Gasteiger partial charge in [-0.05, 0) is 52.9 Å². The van der Waals surface area contributed by atoms with Crippen LogP contribution in [0.15, 0.2) is 71.5 Å². The minimum absolute atomic E-state index is 0.414. The summed E-state index contributed by atoms with van der Waals surface area (Å²) in [6, 6.07) is 20.6. The number of hydrogen-bond acceptors (Lipinski definition) is 3. The molecule has 3 rings (SSSR count). The molecule has 0 unspecified atom stereocenters. The Balaban J connectivity index is 2.19. The van der Waals surface area contributed by atoms with E-state index < -0.39 is 16.9 Å². The third kappa shape index (κ3) is 2.94. The molecule has 3 nitrogen and oxygen atoms in total. The van der Waals surface area contributed by atoms with Gasteiger partial charge in [0.05, 0.1) is 0 Å². The molecular weight excluding hydrogens is 288 g/mol. The van der Waals surface area contributed by atoms with Crippen LogP contribution < -0.4 is 5.43 Å². The minimum Gasteiger partial charge on any atom is -0.504 e. The van der Waals surface area contributed by atoms with Gasteiger partial charge in [0.2, 0.25) is 11.2 Å². The fraction of sp³-hybridized carbons (Fsp3) is 0.0500. The molecule has 0 aliphatic rings. The number of benzene rings is 2. The van der Waals surface area contributed by atoms with E-state index in [4.69, 9.17) is 0 Å². The summed E-state index contributed by atoms with van der Waals surface area (Å²) in [4.78, 5) is 11.7. The molecule has 23 heavy (non-hydrogen) atoms. The lowest BCUT2D eigenvalue weighted by molar-refractivity contribution is 0.402. The van der Waals surface area contributed by atoms with E-state index in [1.54, 1.807) is 6.92 Å². The maximum Gasteiger partial charge on any atom is 0.224 e. The van der Waals surface area contributed by atoms with Crippen molar-refractivity contribution >= 4 is 0 Å². The Morgan fingerprint density at radius 2 is 1.39 bits per heavy atom. The predicted molar refractivity (Wildman–Crippen MR) is 91.7 cm³/mol. The lowest BCUT2D eigenvalue weighted by Gasteiger charge is -2.07. The topological polar surface area (TPSA) is 57.5 Å². The first-order valence-corrected chi connectivity index (χ1v) is 7.29. The summed E-state index contributed by atoms with van der Waals surface area (Å²) in [7, 11) is 0. The fourth-order valence-electron chi connectivity index (χ4n) is 2.60. The maximum absolute atomic E-state index is 11.7. The Kier molecular flexibility index (Phi) is 3.85. The molecule has 3 heteroatoms. The van der Waals surface area contributed by atoms with E-state index >= 15 is 0 Å². The molecule has 0 heterocycles. The molecule has 0 aromatic heterocycles. The SMILES string of the molecule is Cc1cc(=O)c(O)c(O)cc1-c1cccc(-c2ccccc2)c1. The second-order valence-corrected chi connectivity index (χ2v) is 5.43. The van der Waals surface area contributed by atoms with Crippen molar-refractivity contribution in [2.24, 2.45) is 0 Å². The van der Waals surface area contributed by atoms with Crippen LogP contribution in [-0.4, -0.2) is 10.2 Å². The van der Waals surface area contributed by atoms with E-state index in [9.17, 15) is 15.0 Å². The van der Waals surface area contributed by atoms with E-state index in [1.807, 2.05) is 54.6 Å². The minimum atomic E-state index is -0.626. The summed E-state index contributed by atoms with van der Waals surface area (Å²) in [5.74, 6) is -1.04. The Hall–Kier alpha value is -3.07. The lowest BCUT2D eigenvalue weighted by atomic mass is 9.98. The van der Waals surface area contributed by atoms with Crippen molar-refractivity contribution in [3.05, 3.63) is 82.5 Å². The standard InChI is InChI=1S/C20H16O3/c1-13-10-18(21)20(23)19(22)12-17(13)16-9-5-8-15(11-16)14-6-3-2-4-7-14/h2-12H,1H3,(H2,21,22,23). The van der Waals surface area contributed by atoms with Gasteiger partial charge in [-0.15, -0.1) is 0 Å². The molecule has 0 spiro atoms. The van der Waals surface area contributed by atoms with Crippen LogP contribution in [0.2, 0.25) is 0 Å². The van der Waals surface area contributed by atoms with E-state index in [-0.39, 0.29) is 0 Å². The molecular formula is C20H16O3. The molecule has 0 saturated heterocycles. The van der Waals surface area contributed by atoms with Crippen LogP contribution in [0.5, 0.6) is 11.5 Å². The highest BCUT2D eigenvalue weighted by atomic mass is 16.3. The second kappa shape index (κ2) is 5.97. The molecule has 0 amide bonds. The van der Waals surface area contributed by atoms with Crippen LogP contribution >= 0.6 is 0 Å². The monoisotopic (exact) mass is 304 g/mol. The van der Waals surface area contributed by atoms with Gasteiger partial charge in [-0.25, -0.2) is 0 Å². The van der Waals surface area contributed by atoms with Crippen LogP contribution in [0.4, 0.5) is 0 Å². The van der Waals surface area contributed by atoms with E-state index in [2.05, 4.69) is 0 Å². The molecule has 0 aliphatic carbocycles. The van der Waals surface area contributed by atoms with Gasteiger partial charge >= 0.3 is 0 Å². The molecule has 2 N–H and O–H groups in total. The molecule has 0 saturated carbocycles. The number of hydrogen-bond donors (Lipinski definition) is 2. The van der Waals surface area contributed by atoms with Crippen molar-refractivity contribution in [1.29, 1.82) is 0 Å². The average molecular weight is 304 g/mol. The van der Waals surface area contributed by atoms with Crippen molar-refractivity contribution in [3.8, 4) is 33.8 Å². The second-order valence-electron chi connectivity index (χ2n) is 5.43. The van der Waals surface area contributed by atoms with Gasteiger partial charge in [-0.1, -0.05) is 48.5 Å². The quantitative estimate of drug-likeness (QED) is 0.749. The molecule has 0 bridgehead atoms. The van der Waals surface area contributed by atoms with Gasteiger partial charge in [-0.2, -0.15) is 0 Å². The molecule has 114 valence electrons. The Bertz CT molecular complexity index is 915. The Morgan fingerprint density at radius 3 is 2.13 bits per heavy atom. The molecule has 0 aliphatic heterocycles. The molecule has 3 aromatic carbocycles. The van der Waals surface area contributed by atoms with E-state index in [0.717, 1.165) is 16.7 Å². The van der Waals surface area contributed by atoms with Gasteiger partial charge < -0.3 is 10.2 Å². The third-order valence-corrected chi connectivity index (χ3v) is 3.81. The summed E-state index contributed by atoms with van der Waals surface area (Å²) >= 11 is 0. The van der Waals surface area contributed by atoms with Crippen LogP contribution in [-0.2, 0) is 0 Å². The summed E-state index contributed by atoms with van der Waals surface area (Å²) in [6.07, 6.45) is 0. The van der Waals surface area contributed by atoms with Crippen LogP contribution in [0.1, 0.15) is 5.56 Å². The molecule has 0 atom stereocenters. The lowest BCUT2D eigenvalue weighted by Crippen LogP contribution is -1.94. The Labute approximate surface area is 134 Å². The van der Waals surface area contributed by atoms with Crippen LogP contribution in [0.3, 0.4) is 0 Å². The van der Waals surface area contributed by atoms with Crippen LogP contribution in [0.25, 0.3) is 22.3 Å². The zero-order valence-corrected chi connectivity index (χ0v) is 12.7. The van der Waals surface area contributed by atoms with Gasteiger partial charge in [0.25, 0.3) is 0 Å². The molecule has 0 fully saturated rings. The first-order chi connectivity index (χ1) is 11.1. The molecule has 0 radical (unpaired) electrons. The largest absolute Gasteiger partial charge is 0.504 e. The first kappa shape index (κ1) is 14.9. The summed E-state index contributed by atoms with van der Waals surface area (Å²) in [6.45, 7) is 1.78. The summed E-state index contributed by atoms with van der Waals surface area (Å²) in [5, 5.41) is 19.5. The fourth-order valence-corrected chi connectivity index (χ4v) is 2.60. The molecule has 3 aromatic rings. The van der Waals surface area contributed by atoms with Gasteiger partial charge in [-0.3, -0.25) is 4.79 Å². The van der Waals surface area contributed by atoms with E-state index in [1.165, 1.54) is 12.1 Å². The highest BCUT2D eigenvalue weighted by molar-refractivity contribution is 5.75. The van der Waals surface area contributed by atoms with Gasteiger partial charge in [0, 0.05) is 0 Å². The highest BCUT2D eigenvalue weighted by Crippen LogP contribution is 2.31. The third-order valence-electron chi connectivity index (χ3n) is 3.81.